The summed E-state index contributed by atoms with van der Waals surface area (Å²) in [5.74, 6) is 1.31. The number of alkyl halides is 1. The van der Waals surface area contributed by atoms with Crippen LogP contribution >= 0.6 is 11.6 Å². The van der Waals surface area contributed by atoms with Crippen molar-refractivity contribution in [1.82, 2.24) is 9.55 Å². The molecule has 1 atom stereocenters. The number of rotatable bonds is 4. The number of nitrogens with zero attached hydrogens (tertiary/aromatic N) is 2. The molecule has 3 rings (SSSR count). The van der Waals surface area contributed by atoms with E-state index >= 15 is 0 Å². The molecular weight excluding hydrogens is 295 g/mol. The molecule has 2 aromatic rings. The van der Waals surface area contributed by atoms with E-state index in [1.54, 1.807) is 6.07 Å². The molecule has 0 spiro atoms. The zero-order chi connectivity index (χ0) is 14.8. The first-order valence-corrected chi connectivity index (χ1v) is 7.62. The Labute approximate surface area is 127 Å². The number of fused-ring (bicyclic) bond motifs is 1. The van der Waals surface area contributed by atoms with Gasteiger partial charge in [0.15, 0.2) is 11.6 Å². The zero-order valence-electron chi connectivity index (χ0n) is 11.9. The van der Waals surface area contributed by atoms with Crippen molar-refractivity contribution in [3.63, 3.8) is 0 Å². The minimum absolute atomic E-state index is 0.227. The van der Waals surface area contributed by atoms with Crippen molar-refractivity contribution >= 4 is 22.6 Å². The molecule has 1 aromatic carbocycles. The molecule has 0 aliphatic carbocycles. The Morgan fingerprint density at radius 1 is 1.52 bits per heavy atom. The quantitative estimate of drug-likeness (QED) is 0.812. The highest BCUT2D eigenvalue weighted by Crippen LogP contribution is 2.28. The Kier molecular flexibility index (Phi) is 4.31. The van der Waals surface area contributed by atoms with Gasteiger partial charge in [0.05, 0.1) is 30.6 Å². The predicted octanol–water partition coefficient (Wildman–Crippen LogP) is 3.35. The van der Waals surface area contributed by atoms with E-state index in [1.807, 2.05) is 0 Å². The number of halogens is 2. The van der Waals surface area contributed by atoms with Crippen LogP contribution in [0.5, 0.6) is 5.75 Å². The van der Waals surface area contributed by atoms with Crippen molar-refractivity contribution in [3.8, 4) is 5.75 Å². The van der Waals surface area contributed by atoms with Gasteiger partial charge in [-0.2, -0.15) is 0 Å². The van der Waals surface area contributed by atoms with Gasteiger partial charge >= 0.3 is 0 Å². The van der Waals surface area contributed by atoms with Crippen molar-refractivity contribution in [1.29, 1.82) is 0 Å². The molecular formula is C15H18ClFN2O2. The van der Waals surface area contributed by atoms with Gasteiger partial charge in [-0.3, -0.25) is 0 Å². The molecule has 1 aromatic heterocycles. The lowest BCUT2D eigenvalue weighted by atomic mass is 10.0. The van der Waals surface area contributed by atoms with E-state index in [0.29, 0.717) is 17.3 Å². The fourth-order valence-corrected chi connectivity index (χ4v) is 3.05. The van der Waals surface area contributed by atoms with Gasteiger partial charge in [-0.05, 0) is 12.8 Å². The van der Waals surface area contributed by atoms with E-state index in [-0.39, 0.29) is 5.75 Å². The Morgan fingerprint density at radius 2 is 2.38 bits per heavy atom. The van der Waals surface area contributed by atoms with Crippen LogP contribution in [-0.2, 0) is 17.2 Å². The van der Waals surface area contributed by atoms with Gasteiger partial charge in [0, 0.05) is 31.2 Å². The molecule has 1 aliphatic heterocycles. The molecule has 1 saturated heterocycles. The number of benzene rings is 1. The van der Waals surface area contributed by atoms with Crippen LogP contribution in [0.4, 0.5) is 4.39 Å². The van der Waals surface area contributed by atoms with Gasteiger partial charge in [-0.1, -0.05) is 0 Å². The molecule has 0 amide bonds. The summed E-state index contributed by atoms with van der Waals surface area (Å²) in [5, 5.41) is 0. The minimum Gasteiger partial charge on any atom is -0.494 e. The standard InChI is InChI=1S/C15H18ClFN2O2/c1-20-14-6-13-12(5-11(14)17)18-15(7-16)19(13)8-10-3-2-4-21-9-10/h5-6,10H,2-4,7-9H2,1H3. The normalized spacial score (nSPS) is 19.1. The molecule has 1 unspecified atom stereocenters. The van der Waals surface area contributed by atoms with Gasteiger partial charge in [0.2, 0.25) is 0 Å². The summed E-state index contributed by atoms with van der Waals surface area (Å²) in [6.07, 6.45) is 2.20. The van der Waals surface area contributed by atoms with Gasteiger partial charge < -0.3 is 14.0 Å². The molecule has 21 heavy (non-hydrogen) atoms. The molecule has 0 N–H and O–H groups in total. The average molecular weight is 313 g/mol. The Balaban J connectivity index is 2.01. The summed E-state index contributed by atoms with van der Waals surface area (Å²) in [6, 6.07) is 3.09. The van der Waals surface area contributed by atoms with E-state index < -0.39 is 5.82 Å². The molecule has 1 fully saturated rings. The summed E-state index contributed by atoms with van der Waals surface area (Å²) in [6.45, 7) is 2.37. The minimum atomic E-state index is -0.406. The fourth-order valence-electron chi connectivity index (χ4n) is 2.85. The molecule has 4 nitrogen and oxygen atoms in total. The van der Waals surface area contributed by atoms with Crippen LogP contribution in [0, 0.1) is 11.7 Å². The summed E-state index contributed by atoms with van der Waals surface area (Å²) >= 11 is 6.00. The maximum Gasteiger partial charge on any atom is 0.167 e. The van der Waals surface area contributed by atoms with E-state index in [2.05, 4.69) is 9.55 Å². The lowest BCUT2D eigenvalue weighted by Gasteiger charge is -2.23. The molecule has 2 heterocycles. The molecule has 1 aliphatic rings. The van der Waals surface area contributed by atoms with Crippen molar-refractivity contribution in [3.05, 3.63) is 23.8 Å². The Hall–Kier alpha value is -1.33. The SMILES string of the molecule is COc1cc2c(cc1F)nc(CCl)n2CC1CCCOC1. The Morgan fingerprint density at radius 3 is 3.05 bits per heavy atom. The Bertz CT molecular complexity index is 638. The first kappa shape index (κ1) is 14.6. The van der Waals surface area contributed by atoms with Crippen LogP contribution < -0.4 is 4.74 Å². The fraction of sp³-hybridized carbons (Fsp3) is 0.533. The number of hydrogen-bond acceptors (Lipinski definition) is 3. The smallest absolute Gasteiger partial charge is 0.167 e. The van der Waals surface area contributed by atoms with Crippen LogP contribution in [-0.4, -0.2) is 29.9 Å². The number of ether oxygens (including phenoxy) is 2. The summed E-state index contributed by atoms with van der Waals surface area (Å²) in [5.41, 5.74) is 1.47. The van der Waals surface area contributed by atoms with Crippen molar-refractivity contribution in [2.45, 2.75) is 25.3 Å². The maximum atomic E-state index is 13.8. The summed E-state index contributed by atoms with van der Waals surface area (Å²) < 4.78 is 26.5. The lowest BCUT2D eigenvalue weighted by molar-refractivity contribution is 0.0485. The van der Waals surface area contributed by atoms with E-state index in [0.717, 1.165) is 43.9 Å². The largest absolute Gasteiger partial charge is 0.494 e. The highest BCUT2D eigenvalue weighted by atomic mass is 35.5. The second kappa shape index (κ2) is 6.20. The first-order valence-electron chi connectivity index (χ1n) is 7.09. The van der Waals surface area contributed by atoms with Gasteiger partial charge in [0.25, 0.3) is 0 Å². The predicted molar refractivity (Wildman–Crippen MR) is 79.3 cm³/mol. The van der Waals surface area contributed by atoms with Gasteiger partial charge in [-0.25, -0.2) is 9.37 Å². The maximum absolute atomic E-state index is 13.8. The summed E-state index contributed by atoms with van der Waals surface area (Å²) in [4.78, 5) is 4.43. The average Bonchev–Trinajstić information content (AvgIpc) is 2.84. The van der Waals surface area contributed by atoms with Crippen LogP contribution in [0.2, 0.25) is 0 Å². The third-order valence-electron chi connectivity index (χ3n) is 3.92. The van der Waals surface area contributed by atoms with Crippen molar-refractivity contribution in [2.75, 3.05) is 20.3 Å². The number of imidazole rings is 1. The lowest BCUT2D eigenvalue weighted by Crippen LogP contribution is -2.22. The van der Waals surface area contributed by atoms with Gasteiger partial charge in [-0.15, -0.1) is 11.6 Å². The summed E-state index contributed by atoms with van der Waals surface area (Å²) in [7, 11) is 1.46. The topological polar surface area (TPSA) is 36.3 Å². The molecule has 0 bridgehead atoms. The molecule has 114 valence electrons. The first-order chi connectivity index (χ1) is 10.2. The number of hydrogen-bond donors (Lipinski definition) is 0. The van der Waals surface area contributed by atoms with Crippen LogP contribution in [0.25, 0.3) is 11.0 Å². The monoisotopic (exact) mass is 312 g/mol. The van der Waals surface area contributed by atoms with Crippen LogP contribution in [0.1, 0.15) is 18.7 Å². The third kappa shape index (κ3) is 2.85. The van der Waals surface area contributed by atoms with E-state index in [9.17, 15) is 4.39 Å². The third-order valence-corrected chi connectivity index (χ3v) is 4.15. The van der Waals surface area contributed by atoms with Gasteiger partial charge in [0.1, 0.15) is 5.82 Å². The van der Waals surface area contributed by atoms with Crippen molar-refractivity contribution < 1.29 is 13.9 Å². The van der Waals surface area contributed by atoms with Crippen LogP contribution in [0.3, 0.4) is 0 Å². The molecule has 0 saturated carbocycles. The van der Waals surface area contributed by atoms with Crippen LogP contribution in [0.15, 0.2) is 12.1 Å². The zero-order valence-corrected chi connectivity index (χ0v) is 12.7. The number of methoxy groups -OCH3 is 1. The number of aromatic nitrogens is 2. The highest BCUT2D eigenvalue weighted by Gasteiger charge is 2.19. The second-order valence-electron chi connectivity index (χ2n) is 5.33. The van der Waals surface area contributed by atoms with E-state index in [4.69, 9.17) is 21.1 Å². The van der Waals surface area contributed by atoms with E-state index in [1.165, 1.54) is 13.2 Å². The molecule has 0 radical (unpaired) electrons. The molecule has 6 heteroatoms. The van der Waals surface area contributed by atoms with Crippen molar-refractivity contribution in [2.24, 2.45) is 5.92 Å². The highest BCUT2D eigenvalue weighted by molar-refractivity contribution is 6.16. The second-order valence-corrected chi connectivity index (χ2v) is 5.60.